The van der Waals surface area contributed by atoms with Gasteiger partial charge in [0.2, 0.25) is 0 Å². The summed E-state index contributed by atoms with van der Waals surface area (Å²) in [6, 6.07) is 37.0. The van der Waals surface area contributed by atoms with E-state index in [4.69, 9.17) is 0 Å². The molecule has 180 valence electrons. The number of nitrogens with one attached hydrogen (secondary N) is 1. The molecule has 0 fully saturated rings. The molecule has 0 atom stereocenters. The van der Waals surface area contributed by atoms with Crippen LogP contribution in [0.4, 0.5) is 5.69 Å². The molecule has 4 aromatic rings. The molecule has 0 saturated heterocycles. The number of nitrogens with zero attached hydrogens (tertiary/aromatic N) is 2. The number of benzene rings is 3. The first-order chi connectivity index (χ1) is 17.3. The quantitative estimate of drug-likeness (QED) is 0.179. The molecule has 0 unspecified atom stereocenters. The van der Waals surface area contributed by atoms with Crippen molar-refractivity contribution in [2.24, 2.45) is 0 Å². The van der Waals surface area contributed by atoms with Crippen LogP contribution in [0.15, 0.2) is 109 Å². The Bertz CT molecular complexity index is 1050. The molecule has 35 heavy (non-hydrogen) atoms. The smallest absolute Gasteiger partial charge is 0.0907 e. The molecule has 0 spiro atoms. The van der Waals surface area contributed by atoms with Crippen molar-refractivity contribution in [2.75, 3.05) is 30.3 Å². The molecule has 0 saturated carbocycles. The Balaban J connectivity index is 1.52. The predicted molar refractivity (Wildman–Crippen MR) is 151 cm³/mol. The Hall–Kier alpha value is -3.08. The van der Waals surface area contributed by atoms with E-state index in [1.807, 2.05) is 18.0 Å². The molecule has 4 rings (SSSR count). The lowest BCUT2D eigenvalue weighted by Crippen LogP contribution is -2.28. The molecule has 0 radical (unpaired) electrons. The standard InChI is InChI=1S/C31H35N3S/c1-3-34(4-2)30-20-21-33-29(24-30)25-32-22-23-35-31(26-14-8-5-9-15-26,27-16-10-6-11-17-27)28-18-12-7-13-19-28/h5-21,24,32H,3-4,22-23,25H2,1-2H3. The highest BCUT2D eigenvalue weighted by Gasteiger charge is 2.36. The van der Waals surface area contributed by atoms with Crippen LogP contribution < -0.4 is 10.2 Å². The zero-order chi connectivity index (χ0) is 24.3. The first-order valence-electron chi connectivity index (χ1n) is 12.5. The lowest BCUT2D eigenvalue weighted by Gasteiger charge is -2.35. The third-order valence-electron chi connectivity index (χ3n) is 6.37. The van der Waals surface area contributed by atoms with Gasteiger partial charge in [0.1, 0.15) is 0 Å². The highest BCUT2D eigenvalue weighted by molar-refractivity contribution is 8.00. The molecular formula is C31H35N3S. The number of pyridine rings is 1. The number of aromatic nitrogens is 1. The largest absolute Gasteiger partial charge is 0.372 e. The van der Waals surface area contributed by atoms with Crippen LogP contribution in [0, 0.1) is 0 Å². The van der Waals surface area contributed by atoms with Crippen molar-refractivity contribution in [1.82, 2.24) is 10.3 Å². The van der Waals surface area contributed by atoms with Crippen molar-refractivity contribution in [3.63, 3.8) is 0 Å². The Morgan fingerprint density at radius 3 is 1.74 bits per heavy atom. The van der Waals surface area contributed by atoms with E-state index in [1.54, 1.807) is 0 Å². The molecule has 0 aliphatic carbocycles. The van der Waals surface area contributed by atoms with Crippen molar-refractivity contribution < 1.29 is 0 Å². The van der Waals surface area contributed by atoms with Crippen molar-refractivity contribution in [2.45, 2.75) is 25.1 Å². The number of hydrogen-bond donors (Lipinski definition) is 1. The maximum absolute atomic E-state index is 4.58. The van der Waals surface area contributed by atoms with Gasteiger partial charge in [-0.25, -0.2) is 0 Å². The van der Waals surface area contributed by atoms with Crippen molar-refractivity contribution >= 4 is 17.4 Å². The summed E-state index contributed by atoms with van der Waals surface area (Å²) in [6.07, 6.45) is 1.92. The van der Waals surface area contributed by atoms with E-state index in [1.165, 1.54) is 22.4 Å². The second-order valence-corrected chi connectivity index (χ2v) is 9.79. The van der Waals surface area contributed by atoms with Gasteiger partial charge in [-0.3, -0.25) is 4.98 Å². The molecular weight excluding hydrogens is 446 g/mol. The van der Waals surface area contributed by atoms with E-state index < -0.39 is 0 Å². The van der Waals surface area contributed by atoms with Crippen molar-refractivity contribution in [3.8, 4) is 0 Å². The van der Waals surface area contributed by atoms with Crippen LogP contribution in [0.3, 0.4) is 0 Å². The summed E-state index contributed by atoms with van der Waals surface area (Å²) in [6.45, 7) is 8.06. The average Bonchev–Trinajstić information content (AvgIpc) is 2.93. The van der Waals surface area contributed by atoms with Crippen LogP contribution in [0.1, 0.15) is 36.2 Å². The van der Waals surface area contributed by atoms with Gasteiger partial charge in [-0.15, -0.1) is 11.8 Å². The molecule has 0 aliphatic heterocycles. The fraction of sp³-hybridized carbons (Fsp3) is 0.258. The van der Waals surface area contributed by atoms with Gasteiger partial charge in [0.05, 0.1) is 10.4 Å². The summed E-state index contributed by atoms with van der Waals surface area (Å²) >= 11 is 1.99. The molecule has 1 N–H and O–H groups in total. The van der Waals surface area contributed by atoms with E-state index in [-0.39, 0.29) is 4.75 Å². The number of hydrogen-bond acceptors (Lipinski definition) is 4. The molecule has 0 bridgehead atoms. The minimum absolute atomic E-state index is 0.271. The van der Waals surface area contributed by atoms with Crippen LogP contribution >= 0.6 is 11.8 Å². The monoisotopic (exact) mass is 481 g/mol. The van der Waals surface area contributed by atoms with E-state index in [0.717, 1.165) is 37.6 Å². The van der Waals surface area contributed by atoms with Gasteiger partial charge in [-0.05, 0) is 42.7 Å². The van der Waals surface area contributed by atoms with Crippen LogP contribution in [0.5, 0.6) is 0 Å². The van der Waals surface area contributed by atoms with Gasteiger partial charge in [0.15, 0.2) is 0 Å². The molecule has 4 heteroatoms. The highest BCUT2D eigenvalue weighted by atomic mass is 32.2. The van der Waals surface area contributed by atoms with Crippen LogP contribution in [-0.2, 0) is 11.3 Å². The maximum atomic E-state index is 4.58. The van der Waals surface area contributed by atoms with Crippen molar-refractivity contribution in [1.29, 1.82) is 0 Å². The number of anilines is 1. The minimum Gasteiger partial charge on any atom is -0.372 e. The van der Waals surface area contributed by atoms with E-state index >= 15 is 0 Å². The summed E-state index contributed by atoms with van der Waals surface area (Å²) in [5.41, 5.74) is 6.23. The van der Waals surface area contributed by atoms with Gasteiger partial charge in [0.25, 0.3) is 0 Å². The van der Waals surface area contributed by atoms with E-state index in [9.17, 15) is 0 Å². The highest BCUT2D eigenvalue weighted by Crippen LogP contribution is 2.48. The van der Waals surface area contributed by atoms with Crippen LogP contribution in [0.25, 0.3) is 0 Å². The van der Waals surface area contributed by atoms with E-state index in [2.05, 4.69) is 132 Å². The predicted octanol–water partition coefficient (Wildman–Crippen LogP) is 6.74. The Labute approximate surface area is 214 Å². The molecule has 0 amide bonds. The average molecular weight is 482 g/mol. The minimum atomic E-state index is -0.271. The zero-order valence-electron chi connectivity index (χ0n) is 20.7. The summed E-state index contributed by atoms with van der Waals surface area (Å²) in [7, 11) is 0. The summed E-state index contributed by atoms with van der Waals surface area (Å²) < 4.78 is -0.271. The fourth-order valence-electron chi connectivity index (χ4n) is 4.61. The first-order valence-corrected chi connectivity index (χ1v) is 13.5. The Kier molecular flexibility index (Phi) is 8.99. The summed E-state index contributed by atoms with van der Waals surface area (Å²) in [5, 5.41) is 3.63. The van der Waals surface area contributed by atoms with Crippen LogP contribution in [-0.4, -0.2) is 30.4 Å². The van der Waals surface area contributed by atoms with Crippen molar-refractivity contribution in [3.05, 3.63) is 132 Å². The normalized spacial score (nSPS) is 11.4. The number of thioether (sulfide) groups is 1. The molecule has 0 aliphatic rings. The third-order valence-corrected chi connectivity index (χ3v) is 7.92. The SMILES string of the molecule is CCN(CC)c1ccnc(CNCCSC(c2ccccc2)(c2ccccc2)c2ccccc2)c1. The molecule has 3 aromatic carbocycles. The Morgan fingerprint density at radius 2 is 1.26 bits per heavy atom. The summed E-state index contributed by atoms with van der Waals surface area (Å²) in [5.74, 6) is 0.967. The first kappa shape index (κ1) is 25.0. The molecule has 3 nitrogen and oxygen atoms in total. The van der Waals surface area contributed by atoms with E-state index in [0.29, 0.717) is 0 Å². The zero-order valence-corrected chi connectivity index (χ0v) is 21.5. The lowest BCUT2D eigenvalue weighted by atomic mass is 9.84. The van der Waals surface area contributed by atoms with Crippen LogP contribution in [0.2, 0.25) is 0 Å². The second-order valence-electron chi connectivity index (χ2n) is 8.48. The third kappa shape index (κ3) is 5.95. The topological polar surface area (TPSA) is 28.2 Å². The lowest BCUT2D eigenvalue weighted by molar-refractivity contribution is 0.712. The molecule has 1 aromatic heterocycles. The van der Waals surface area contributed by atoms with Gasteiger partial charge in [-0.2, -0.15) is 0 Å². The Morgan fingerprint density at radius 1 is 0.743 bits per heavy atom. The number of rotatable bonds is 12. The molecule has 1 heterocycles. The summed E-state index contributed by atoms with van der Waals surface area (Å²) in [4.78, 5) is 6.94. The second kappa shape index (κ2) is 12.6. The van der Waals surface area contributed by atoms with Gasteiger partial charge in [0, 0.05) is 43.8 Å². The van der Waals surface area contributed by atoms with Gasteiger partial charge >= 0.3 is 0 Å². The van der Waals surface area contributed by atoms with Gasteiger partial charge < -0.3 is 10.2 Å². The fourth-order valence-corrected chi connectivity index (χ4v) is 6.07. The maximum Gasteiger partial charge on any atom is 0.0907 e. The van der Waals surface area contributed by atoms with Gasteiger partial charge in [-0.1, -0.05) is 91.0 Å².